The van der Waals surface area contributed by atoms with Crippen LogP contribution in [0.4, 0.5) is 0 Å². The van der Waals surface area contributed by atoms with Crippen LogP contribution in [-0.2, 0) is 9.53 Å². The molecular weight excluding hydrogens is 208 g/mol. The molecule has 1 atom stereocenters. The van der Waals surface area contributed by atoms with Gasteiger partial charge in [0.15, 0.2) is 0 Å². The van der Waals surface area contributed by atoms with E-state index in [0.29, 0.717) is 26.0 Å². The zero-order chi connectivity index (χ0) is 12.0. The van der Waals surface area contributed by atoms with Gasteiger partial charge in [0, 0.05) is 26.2 Å². The maximum absolute atomic E-state index is 11.9. The van der Waals surface area contributed by atoms with Crippen molar-refractivity contribution in [3.63, 3.8) is 0 Å². The van der Waals surface area contributed by atoms with Crippen molar-refractivity contribution in [2.45, 2.75) is 18.9 Å². The minimum Gasteiger partial charge on any atom is -0.396 e. The molecule has 1 N–H and O–H groups in total. The molecule has 0 bridgehead atoms. The Hall–Kier alpha value is -0.650. The molecule has 1 saturated heterocycles. The van der Waals surface area contributed by atoms with E-state index < -0.39 is 0 Å². The molecule has 5 nitrogen and oxygen atoms in total. The Kier molecular flexibility index (Phi) is 5.73. The SMILES string of the molecule is CN(C)CCN1CCOC(CCCO)C1=O. The lowest BCUT2D eigenvalue weighted by molar-refractivity contribution is -0.153. The summed E-state index contributed by atoms with van der Waals surface area (Å²) in [6.45, 7) is 3.03. The van der Waals surface area contributed by atoms with E-state index in [2.05, 4.69) is 4.90 Å². The van der Waals surface area contributed by atoms with E-state index >= 15 is 0 Å². The Morgan fingerprint density at radius 3 is 2.94 bits per heavy atom. The fourth-order valence-corrected chi connectivity index (χ4v) is 1.72. The summed E-state index contributed by atoms with van der Waals surface area (Å²) in [5, 5.41) is 8.74. The average Bonchev–Trinajstić information content (AvgIpc) is 2.26. The third-order valence-electron chi connectivity index (χ3n) is 2.71. The zero-order valence-electron chi connectivity index (χ0n) is 10.2. The van der Waals surface area contributed by atoms with Crippen LogP contribution in [-0.4, -0.2) is 73.9 Å². The number of ether oxygens (including phenoxy) is 1. The maximum atomic E-state index is 11.9. The molecule has 0 aliphatic carbocycles. The van der Waals surface area contributed by atoms with E-state index in [-0.39, 0.29) is 18.6 Å². The van der Waals surface area contributed by atoms with Crippen LogP contribution in [0.25, 0.3) is 0 Å². The molecule has 0 aromatic rings. The normalized spacial score (nSPS) is 21.9. The average molecular weight is 230 g/mol. The highest BCUT2D eigenvalue weighted by Crippen LogP contribution is 2.11. The van der Waals surface area contributed by atoms with Gasteiger partial charge >= 0.3 is 0 Å². The number of amides is 1. The molecule has 0 aromatic carbocycles. The topological polar surface area (TPSA) is 53.0 Å². The lowest BCUT2D eigenvalue weighted by atomic mass is 10.1. The molecule has 1 heterocycles. The first kappa shape index (κ1) is 13.4. The van der Waals surface area contributed by atoms with Gasteiger partial charge in [0.2, 0.25) is 0 Å². The molecular formula is C11H22N2O3. The lowest BCUT2D eigenvalue weighted by Crippen LogP contribution is -2.49. The molecule has 1 amide bonds. The van der Waals surface area contributed by atoms with Crippen molar-refractivity contribution in [1.29, 1.82) is 0 Å². The number of carbonyl (C=O) groups is 1. The Balaban J connectivity index is 2.37. The van der Waals surface area contributed by atoms with Crippen LogP contribution >= 0.6 is 0 Å². The van der Waals surface area contributed by atoms with Crippen molar-refractivity contribution in [2.75, 3.05) is 46.9 Å². The fraction of sp³-hybridized carbons (Fsp3) is 0.909. The number of aliphatic hydroxyl groups is 1. The molecule has 1 aliphatic heterocycles. The summed E-state index contributed by atoms with van der Waals surface area (Å²) in [5.74, 6) is 0.0709. The van der Waals surface area contributed by atoms with Crippen LogP contribution in [0.1, 0.15) is 12.8 Å². The smallest absolute Gasteiger partial charge is 0.251 e. The lowest BCUT2D eigenvalue weighted by Gasteiger charge is -2.33. The van der Waals surface area contributed by atoms with E-state index in [1.165, 1.54) is 0 Å². The molecule has 1 rings (SSSR count). The third kappa shape index (κ3) is 4.08. The number of hydrogen-bond acceptors (Lipinski definition) is 4. The summed E-state index contributed by atoms with van der Waals surface area (Å²) in [6.07, 6.45) is 0.897. The maximum Gasteiger partial charge on any atom is 0.251 e. The predicted molar refractivity (Wildman–Crippen MR) is 61.2 cm³/mol. The van der Waals surface area contributed by atoms with Gasteiger partial charge in [-0.05, 0) is 26.9 Å². The molecule has 1 fully saturated rings. The van der Waals surface area contributed by atoms with Gasteiger partial charge in [0.05, 0.1) is 6.61 Å². The summed E-state index contributed by atoms with van der Waals surface area (Å²) in [4.78, 5) is 15.9. The second kappa shape index (κ2) is 6.83. The van der Waals surface area contributed by atoms with Crippen molar-refractivity contribution >= 4 is 5.91 Å². The van der Waals surface area contributed by atoms with Gasteiger partial charge in [0.25, 0.3) is 5.91 Å². The number of likely N-dealkylation sites (N-methyl/N-ethyl adjacent to an activating group) is 1. The quantitative estimate of drug-likeness (QED) is 0.671. The van der Waals surface area contributed by atoms with Gasteiger partial charge < -0.3 is 19.6 Å². The van der Waals surface area contributed by atoms with Gasteiger partial charge in [-0.2, -0.15) is 0 Å². The van der Waals surface area contributed by atoms with Crippen molar-refractivity contribution < 1.29 is 14.6 Å². The van der Waals surface area contributed by atoms with Gasteiger partial charge in [0.1, 0.15) is 6.10 Å². The standard InChI is InChI=1S/C11H22N2O3/c1-12(2)5-6-13-7-9-16-10(11(13)15)4-3-8-14/h10,14H,3-9H2,1-2H3. The van der Waals surface area contributed by atoms with Crippen LogP contribution in [0.3, 0.4) is 0 Å². The number of hydrogen-bond donors (Lipinski definition) is 1. The summed E-state index contributed by atoms with van der Waals surface area (Å²) in [5.41, 5.74) is 0. The third-order valence-corrected chi connectivity index (χ3v) is 2.71. The van der Waals surface area contributed by atoms with E-state index in [0.717, 1.165) is 13.1 Å². The molecule has 0 aromatic heterocycles. The molecule has 0 saturated carbocycles. The Morgan fingerprint density at radius 2 is 2.31 bits per heavy atom. The predicted octanol–water partition coefficient (Wildman–Crippen LogP) is -0.452. The largest absolute Gasteiger partial charge is 0.396 e. The van der Waals surface area contributed by atoms with Crippen LogP contribution in [0.15, 0.2) is 0 Å². The minimum atomic E-state index is -0.344. The highest BCUT2D eigenvalue weighted by molar-refractivity contribution is 5.81. The Labute approximate surface area is 97.0 Å². The summed E-state index contributed by atoms with van der Waals surface area (Å²) in [7, 11) is 3.99. The number of aliphatic hydroxyl groups excluding tert-OH is 1. The second-order valence-electron chi connectivity index (χ2n) is 4.35. The zero-order valence-corrected chi connectivity index (χ0v) is 10.2. The first-order valence-corrected chi connectivity index (χ1v) is 5.81. The van der Waals surface area contributed by atoms with Crippen LogP contribution in [0.5, 0.6) is 0 Å². The first-order valence-electron chi connectivity index (χ1n) is 5.81. The second-order valence-corrected chi connectivity index (χ2v) is 4.35. The molecule has 0 radical (unpaired) electrons. The van der Waals surface area contributed by atoms with Gasteiger partial charge in [-0.3, -0.25) is 4.79 Å². The van der Waals surface area contributed by atoms with Gasteiger partial charge in [-0.15, -0.1) is 0 Å². The summed E-state index contributed by atoms with van der Waals surface area (Å²) < 4.78 is 5.41. The highest BCUT2D eigenvalue weighted by Gasteiger charge is 2.28. The van der Waals surface area contributed by atoms with E-state index in [1.807, 2.05) is 19.0 Å². The fourth-order valence-electron chi connectivity index (χ4n) is 1.72. The van der Waals surface area contributed by atoms with Crippen LogP contribution in [0.2, 0.25) is 0 Å². The van der Waals surface area contributed by atoms with Crippen molar-refractivity contribution in [3.05, 3.63) is 0 Å². The van der Waals surface area contributed by atoms with Gasteiger partial charge in [-0.25, -0.2) is 0 Å². The molecule has 1 aliphatic rings. The van der Waals surface area contributed by atoms with Crippen molar-refractivity contribution in [3.8, 4) is 0 Å². The molecule has 1 unspecified atom stereocenters. The first-order chi connectivity index (χ1) is 7.65. The van der Waals surface area contributed by atoms with Crippen molar-refractivity contribution in [1.82, 2.24) is 9.80 Å². The van der Waals surface area contributed by atoms with E-state index in [4.69, 9.17) is 9.84 Å². The summed E-state index contributed by atoms with van der Waals surface area (Å²) in [6, 6.07) is 0. The minimum absolute atomic E-state index is 0.0709. The van der Waals surface area contributed by atoms with E-state index in [1.54, 1.807) is 0 Å². The van der Waals surface area contributed by atoms with E-state index in [9.17, 15) is 4.79 Å². The highest BCUT2D eigenvalue weighted by atomic mass is 16.5. The molecule has 0 spiro atoms. The van der Waals surface area contributed by atoms with Crippen LogP contribution < -0.4 is 0 Å². The number of nitrogens with zero attached hydrogens (tertiary/aromatic N) is 2. The number of carbonyl (C=O) groups excluding carboxylic acids is 1. The Bertz CT molecular complexity index is 221. The van der Waals surface area contributed by atoms with Gasteiger partial charge in [-0.1, -0.05) is 0 Å². The number of rotatable bonds is 6. The summed E-state index contributed by atoms with van der Waals surface area (Å²) >= 11 is 0. The Morgan fingerprint density at radius 1 is 1.56 bits per heavy atom. The molecule has 16 heavy (non-hydrogen) atoms. The monoisotopic (exact) mass is 230 g/mol. The van der Waals surface area contributed by atoms with Crippen LogP contribution in [0, 0.1) is 0 Å². The van der Waals surface area contributed by atoms with Crippen molar-refractivity contribution in [2.24, 2.45) is 0 Å². The number of morpholine rings is 1. The molecule has 94 valence electrons. The molecule has 5 heteroatoms.